The van der Waals surface area contributed by atoms with Gasteiger partial charge in [-0.15, -0.1) is 11.3 Å². The van der Waals surface area contributed by atoms with Crippen LogP contribution in [0.3, 0.4) is 0 Å². The van der Waals surface area contributed by atoms with Crippen molar-refractivity contribution in [1.29, 1.82) is 0 Å². The number of nitrogens with one attached hydrogen (secondary N) is 1. The summed E-state index contributed by atoms with van der Waals surface area (Å²) in [5.74, 6) is -0.724. The van der Waals surface area contributed by atoms with Crippen LogP contribution in [0.4, 0.5) is 24.5 Å². The molecule has 11 heteroatoms. The third kappa shape index (κ3) is 4.80. The molecule has 0 aliphatic rings. The first-order valence-corrected chi connectivity index (χ1v) is 9.10. The van der Waals surface area contributed by atoms with E-state index in [2.05, 4.69) is 10.3 Å². The van der Waals surface area contributed by atoms with Gasteiger partial charge >= 0.3 is 12.1 Å². The summed E-state index contributed by atoms with van der Waals surface area (Å²) in [4.78, 5) is 26.7. The molecule has 1 atom stereocenters. The number of anilines is 1. The maximum absolute atomic E-state index is 12.8. The summed E-state index contributed by atoms with van der Waals surface area (Å²) in [7, 11) is 0. The Hall–Kier alpha value is -3.21. The fraction of sp³-hybridized carbons (Fsp3) is 0.222. The van der Waals surface area contributed by atoms with Gasteiger partial charge in [0.1, 0.15) is 23.3 Å². The third-order valence-electron chi connectivity index (χ3n) is 3.92. The molecule has 3 aromatic rings. The molecule has 0 saturated carbocycles. The number of nitro groups is 1. The lowest BCUT2D eigenvalue weighted by Gasteiger charge is -2.15. The van der Waals surface area contributed by atoms with Crippen LogP contribution >= 0.6 is 11.3 Å². The van der Waals surface area contributed by atoms with Crippen molar-refractivity contribution >= 4 is 38.9 Å². The van der Waals surface area contributed by atoms with Crippen LogP contribution in [0.15, 0.2) is 42.5 Å². The predicted octanol–water partition coefficient (Wildman–Crippen LogP) is 4.77. The summed E-state index contributed by atoms with van der Waals surface area (Å²) < 4.78 is 44.4. The van der Waals surface area contributed by atoms with Gasteiger partial charge in [-0.2, -0.15) is 13.2 Å². The summed E-state index contributed by atoms with van der Waals surface area (Å²) in [5, 5.41) is 14.2. The molecule has 0 unspecified atom stereocenters. The van der Waals surface area contributed by atoms with Gasteiger partial charge in [-0.1, -0.05) is 12.1 Å². The molecule has 1 N–H and O–H groups in total. The molecule has 3 rings (SSSR count). The van der Waals surface area contributed by atoms with E-state index < -0.39 is 34.4 Å². The summed E-state index contributed by atoms with van der Waals surface area (Å²) in [5.41, 5.74) is -1.38. The Morgan fingerprint density at radius 2 is 2.03 bits per heavy atom. The number of alkyl halides is 3. The number of hydrogen-bond donors (Lipinski definition) is 1. The van der Waals surface area contributed by atoms with Gasteiger partial charge in [-0.05, 0) is 31.2 Å². The first-order valence-electron chi connectivity index (χ1n) is 8.28. The van der Waals surface area contributed by atoms with Crippen LogP contribution in [0.5, 0.6) is 0 Å². The van der Waals surface area contributed by atoms with E-state index in [1.165, 1.54) is 18.3 Å². The number of carbonyl (C=O) groups excluding carboxylic acids is 1. The standard InChI is InChI=1S/C18H14F3N3O4S/c1-10(17(25)28-9-16-23-13-4-2-3-5-15(13)29-16)22-12-7-6-11(18(19,20)21)8-14(12)24(26)27/h2-8,10,22H,9H2,1H3/t10-/m1/s1. The van der Waals surface area contributed by atoms with Gasteiger partial charge in [0.2, 0.25) is 0 Å². The highest BCUT2D eigenvalue weighted by molar-refractivity contribution is 7.18. The van der Waals surface area contributed by atoms with Crippen molar-refractivity contribution in [3.05, 3.63) is 63.1 Å². The number of benzene rings is 2. The molecule has 0 radical (unpaired) electrons. The normalized spacial score (nSPS) is 12.6. The highest BCUT2D eigenvalue weighted by Crippen LogP contribution is 2.35. The summed E-state index contributed by atoms with van der Waals surface area (Å²) in [6.07, 6.45) is -4.72. The van der Waals surface area contributed by atoms with Gasteiger partial charge in [-0.25, -0.2) is 9.78 Å². The van der Waals surface area contributed by atoms with Crippen molar-refractivity contribution < 1.29 is 27.6 Å². The highest BCUT2D eigenvalue weighted by atomic mass is 32.1. The molecule has 1 aromatic heterocycles. The average Bonchev–Trinajstić information content (AvgIpc) is 3.08. The van der Waals surface area contributed by atoms with E-state index >= 15 is 0 Å². The third-order valence-corrected chi connectivity index (χ3v) is 4.93. The lowest BCUT2D eigenvalue weighted by molar-refractivity contribution is -0.384. The fourth-order valence-corrected chi connectivity index (χ4v) is 3.39. The average molecular weight is 425 g/mol. The first kappa shape index (κ1) is 20.5. The second kappa shape index (κ2) is 8.03. The number of halogens is 3. The Morgan fingerprint density at radius 1 is 1.31 bits per heavy atom. The largest absolute Gasteiger partial charge is 0.457 e. The zero-order valence-corrected chi connectivity index (χ0v) is 15.7. The molecule has 2 aromatic carbocycles. The minimum absolute atomic E-state index is 0.0840. The molecule has 0 aliphatic carbocycles. The van der Waals surface area contributed by atoms with Gasteiger partial charge in [0.15, 0.2) is 0 Å². The van der Waals surface area contributed by atoms with E-state index in [0.717, 1.165) is 16.3 Å². The molecule has 0 aliphatic heterocycles. The van der Waals surface area contributed by atoms with E-state index in [0.29, 0.717) is 17.1 Å². The Balaban J connectivity index is 1.68. The van der Waals surface area contributed by atoms with Crippen molar-refractivity contribution in [3.8, 4) is 0 Å². The van der Waals surface area contributed by atoms with Crippen molar-refractivity contribution in [2.24, 2.45) is 0 Å². The molecule has 0 spiro atoms. The lowest BCUT2D eigenvalue weighted by atomic mass is 10.1. The van der Waals surface area contributed by atoms with Crippen molar-refractivity contribution in [3.63, 3.8) is 0 Å². The summed E-state index contributed by atoms with van der Waals surface area (Å²) in [6, 6.07) is 8.41. The van der Waals surface area contributed by atoms with Crippen LogP contribution in [0.2, 0.25) is 0 Å². The van der Waals surface area contributed by atoms with Crippen LogP contribution in [-0.4, -0.2) is 21.9 Å². The smallest absolute Gasteiger partial charge is 0.416 e. The molecule has 0 saturated heterocycles. The van der Waals surface area contributed by atoms with Crippen molar-refractivity contribution in [2.75, 3.05) is 5.32 Å². The monoisotopic (exact) mass is 425 g/mol. The number of thiazole rings is 1. The van der Waals surface area contributed by atoms with Crippen molar-refractivity contribution in [1.82, 2.24) is 4.98 Å². The highest BCUT2D eigenvalue weighted by Gasteiger charge is 2.33. The molecule has 7 nitrogen and oxygen atoms in total. The zero-order valence-electron chi connectivity index (χ0n) is 14.9. The molecule has 0 fully saturated rings. The number of rotatable bonds is 6. The van der Waals surface area contributed by atoms with Crippen molar-refractivity contribution in [2.45, 2.75) is 25.7 Å². The van der Waals surface area contributed by atoms with E-state index in [-0.39, 0.29) is 12.3 Å². The fourth-order valence-electron chi connectivity index (χ4n) is 2.51. The number of nitro benzene ring substituents is 1. The van der Waals surface area contributed by atoms with E-state index in [4.69, 9.17) is 4.74 Å². The van der Waals surface area contributed by atoms with Gasteiger partial charge in [0.25, 0.3) is 5.69 Å². The number of carbonyl (C=O) groups is 1. The summed E-state index contributed by atoms with van der Waals surface area (Å²) in [6.45, 7) is 1.31. The first-order chi connectivity index (χ1) is 13.6. The minimum atomic E-state index is -4.72. The number of nitrogens with zero attached hydrogens (tertiary/aromatic N) is 2. The molecule has 0 bridgehead atoms. The number of para-hydroxylation sites is 1. The number of aromatic nitrogens is 1. The molecular formula is C18H14F3N3O4S. The van der Waals surface area contributed by atoms with E-state index in [1.54, 1.807) is 0 Å². The van der Waals surface area contributed by atoms with Crippen LogP contribution in [0.25, 0.3) is 10.2 Å². The van der Waals surface area contributed by atoms with Gasteiger partial charge in [0.05, 0.1) is 20.7 Å². The second-order valence-electron chi connectivity index (χ2n) is 6.04. The summed E-state index contributed by atoms with van der Waals surface area (Å²) >= 11 is 1.36. The zero-order chi connectivity index (χ0) is 21.2. The maximum atomic E-state index is 12.8. The van der Waals surface area contributed by atoms with Crippen LogP contribution < -0.4 is 5.32 Å². The molecular weight excluding hydrogens is 411 g/mol. The molecule has 1 heterocycles. The minimum Gasteiger partial charge on any atom is -0.457 e. The topological polar surface area (TPSA) is 94.4 Å². The maximum Gasteiger partial charge on any atom is 0.416 e. The van der Waals surface area contributed by atoms with E-state index in [1.807, 2.05) is 24.3 Å². The van der Waals surface area contributed by atoms with Crippen LogP contribution in [0.1, 0.15) is 17.5 Å². The predicted molar refractivity (Wildman–Crippen MR) is 101 cm³/mol. The Kier molecular flexibility index (Phi) is 5.69. The van der Waals surface area contributed by atoms with Gasteiger partial charge < -0.3 is 10.1 Å². The van der Waals surface area contributed by atoms with E-state index in [9.17, 15) is 28.1 Å². The van der Waals surface area contributed by atoms with Crippen LogP contribution in [-0.2, 0) is 22.3 Å². The molecule has 0 amide bonds. The number of fused-ring (bicyclic) bond motifs is 1. The van der Waals surface area contributed by atoms with Gasteiger partial charge in [-0.3, -0.25) is 10.1 Å². The Bertz CT molecular complexity index is 1030. The second-order valence-corrected chi connectivity index (χ2v) is 7.15. The van der Waals surface area contributed by atoms with Gasteiger partial charge in [0, 0.05) is 6.07 Å². The number of ether oxygens (including phenoxy) is 1. The molecule has 29 heavy (non-hydrogen) atoms. The van der Waals surface area contributed by atoms with Crippen LogP contribution in [0, 0.1) is 10.1 Å². The number of esters is 1. The Labute approximate surface area is 166 Å². The SMILES string of the molecule is C[C@@H](Nc1ccc(C(F)(F)F)cc1[N+](=O)[O-])C(=O)OCc1nc2ccccc2s1. The quantitative estimate of drug-likeness (QED) is 0.347. The number of hydrogen-bond acceptors (Lipinski definition) is 7. The molecule has 152 valence electrons. The Morgan fingerprint density at radius 3 is 2.69 bits per heavy atom. The lowest BCUT2D eigenvalue weighted by Crippen LogP contribution is -2.28.